The largest absolute Gasteiger partial charge is 0.512 e. The molecule has 0 aliphatic rings. The van der Waals surface area contributed by atoms with E-state index in [2.05, 4.69) is 97.1 Å². The number of hydrogen-bond acceptors (Lipinski definition) is 3. The Morgan fingerprint density at radius 1 is 0.750 bits per heavy atom. The Kier molecular flexibility index (Phi) is 7.59. The first kappa shape index (κ1) is 25.2. The van der Waals surface area contributed by atoms with E-state index >= 15 is 0 Å². The van der Waals surface area contributed by atoms with Gasteiger partial charge in [-0.2, -0.15) is 0 Å². The van der Waals surface area contributed by atoms with Crippen molar-refractivity contribution in [1.82, 2.24) is 4.98 Å². The number of benzene rings is 5. The monoisotopic (exact) mass is 647 g/mol. The van der Waals surface area contributed by atoms with Crippen LogP contribution in [0.1, 0.15) is 13.8 Å². The number of carbonyl (C=O) groups is 1. The molecule has 0 amide bonds. The summed E-state index contributed by atoms with van der Waals surface area (Å²) in [4.78, 5) is 14.8. The van der Waals surface area contributed by atoms with Crippen molar-refractivity contribution in [1.29, 1.82) is 0 Å². The maximum Gasteiger partial charge on any atom is 0.155 e. The van der Waals surface area contributed by atoms with E-state index in [4.69, 9.17) is 10.1 Å². The van der Waals surface area contributed by atoms with E-state index in [1.54, 1.807) is 0 Å². The molecule has 0 bridgehead atoms. The van der Waals surface area contributed by atoms with Gasteiger partial charge in [0.1, 0.15) is 0 Å². The average Bonchev–Trinajstić information content (AvgIpc) is 2.88. The average molecular weight is 647 g/mol. The fraction of sp³-hybridized carbons (Fsp3) is 0.0625. The summed E-state index contributed by atoms with van der Waals surface area (Å²) in [6.07, 6.45) is 3.18. The van der Waals surface area contributed by atoms with Gasteiger partial charge >= 0.3 is 0 Å². The van der Waals surface area contributed by atoms with E-state index in [1.165, 1.54) is 63.0 Å². The van der Waals surface area contributed by atoms with E-state index in [0.29, 0.717) is 0 Å². The van der Waals surface area contributed by atoms with Crippen molar-refractivity contribution in [2.75, 3.05) is 0 Å². The standard InChI is InChI=1S/C27H16N.C5H8O2.Ir/c1-2-8-19-15-20(14-13-18(19)7-1)27-16-25-23-11-5-3-9-21(23)22-10-4-6-12-24(22)26(25)17-28-27;1-4(6)3-5(2)7;/h1-13,15-17H;3,6H,1-2H3;/q-1;;/b;4-3-;. The van der Waals surface area contributed by atoms with Crippen LogP contribution in [0.2, 0.25) is 0 Å². The number of rotatable bonds is 2. The molecule has 1 heterocycles. The molecule has 1 radical (unpaired) electrons. The third-order valence-corrected chi connectivity index (χ3v) is 6.00. The number of aliphatic hydroxyl groups excluding tert-OH is 1. The second kappa shape index (κ2) is 10.8. The summed E-state index contributed by atoms with van der Waals surface area (Å²) in [6.45, 7) is 2.85. The Bertz CT molecular complexity index is 1720. The summed E-state index contributed by atoms with van der Waals surface area (Å²) in [7, 11) is 0. The second-order valence-corrected chi connectivity index (χ2v) is 8.58. The molecule has 0 unspecified atom stereocenters. The maximum atomic E-state index is 10.0. The first-order valence-corrected chi connectivity index (χ1v) is 11.5. The molecule has 3 nitrogen and oxygen atoms in total. The molecule has 6 rings (SSSR count). The van der Waals surface area contributed by atoms with Gasteiger partial charge in [0.05, 0.1) is 5.76 Å². The molecule has 1 N–H and O–H groups in total. The number of aromatic nitrogens is 1. The number of carbonyl (C=O) groups excluding carboxylic acids is 1. The van der Waals surface area contributed by atoms with Crippen molar-refractivity contribution >= 4 is 48.9 Å². The number of aliphatic hydroxyl groups is 1. The van der Waals surface area contributed by atoms with Crippen molar-refractivity contribution in [3.05, 3.63) is 115 Å². The smallest absolute Gasteiger partial charge is 0.155 e. The Morgan fingerprint density at radius 3 is 1.83 bits per heavy atom. The van der Waals surface area contributed by atoms with Gasteiger partial charge in [-0.3, -0.25) is 4.79 Å². The topological polar surface area (TPSA) is 50.2 Å². The molecule has 1 aromatic heterocycles. The van der Waals surface area contributed by atoms with Crippen molar-refractivity contribution in [2.45, 2.75) is 13.8 Å². The van der Waals surface area contributed by atoms with Gasteiger partial charge in [-0.15, -0.1) is 29.1 Å². The van der Waals surface area contributed by atoms with Gasteiger partial charge < -0.3 is 10.1 Å². The van der Waals surface area contributed by atoms with Crippen LogP contribution in [0, 0.1) is 6.07 Å². The predicted molar refractivity (Wildman–Crippen MR) is 146 cm³/mol. The van der Waals surface area contributed by atoms with Crippen LogP contribution < -0.4 is 0 Å². The summed E-state index contributed by atoms with van der Waals surface area (Å²) in [6, 6.07) is 35.4. The van der Waals surface area contributed by atoms with E-state index in [-0.39, 0.29) is 31.6 Å². The molecule has 0 fully saturated rings. The van der Waals surface area contributed by atoms with Crippen LogP contribution in [0.3, 0.4) is 0 Å². The molecule has 179 valence electrons. The summed E-state index contributed by atoms with van der Waals surface area (Å²) >= 11 is 0. The minimum atomic E-state index is -0.125. The summed E-state index contributed by atoms with van der Waals surface area (Å²) < 4.78 is 0. The van der Waals surface area contributed by atoms with Crippen LogP contribution in [0.15, 0.2) is 109 Å². The molecular weight excluding hydrogens is 623 g/mol. The van der Waals surface area contributed by atoms with E-state index in [1.807, 2.05) is 6.20 Å². The second-order valence-electron chi connectivity index (χ2n) is 8.58. The van der Waals surface area contributed by atoms with Gasteiger partial charge in [0, 0.05) is 37.8 Å². The third kappa shape index (κ3) is 5.06. The maximum absolute atomic E-state index is 10.0. The molecule has 36 heavy (non-hydrogen) atoms. The number of allylic oxidation sites excluding steroid dienone is 2. The van der Waals surface area contributed by atoms with Crippen molar-refractivity contribution in [3.8, 4) is 11.3 Å². The summed E-state index contributed by atoms with van der Waals surface area (Å²) in [5, 5.41) is 18.3. The zero-order chi connectivity index (χ0) is 24.4. The number of nitrogens with zero attached hydrogens (tertiary/aromatic N) is 1. The number of hydrogen-bond donors (Lipinski definition) is 1. The normalized spacial score (nSPS) is 11.2. The Labute approximate surface area is 223 Å². The SMILES string of the molecule is CC(=O)/C=C(/C)O.[Ir].[c-]1cc2ccccc2cc1-c1cc2c3ccccc3c3ccccc3c2cn1. The molecule has 4 heteroatoms. The molecule has 0 aliphatic carbocycles. The van der Waals surface area contributed by atoms with Gasteiger partial charge in [-0.1, -0.05) is 84.2 Å². The Balaban J connectivity index is 0.000000338. The summed E-state index contributed by atoms with van der Waals surface area (Å²) in [5.74, 6) is -0.0625. The molecule has 0 saturated carbocycles. The molecule has 0 aliphatic heterocycles. The van der Waals surface area contributed by atoms with Crippen LogP contribution >= 0.6 is 0 Å². The molecule has 6 aromatic rings. The van der Waals surface area contributed by atoms with Gasteiger partial charge in [0.2, 0.25) is 0 Å². The summed E-state index contributed by atoms with van der Waals surface area (Å²) in [5.41, 5.74) is 1.98. The first-order chi connectivity index (χ1) is 17.0. The molecule has 0 atom stereocenters. The zero-order valence-corrected chi connectivity index (χ0v) is 22.3. The van der Waals surface area contributed by atoms with Gasteiger partial charge in [-0.25, -0.2) is 0 Å². The van der Waals surface area contributed by atoms with Gasteiger partial charge in [0.25, 0.3) is 0 Å². The molecule has 0 spiro atoms. The van der Waals surface area contributed by atoms with Crippen LogP contribution in [-0.4, -0.2) is 15.9 Å². The van der Waals surface area contributed by atoms with Crippen LogP contribution in [0.25, 0.3) is 54.3 Å². The molecular formula is C32H24IrNO2-. The van der Waals surface area contributed by atoms with Crippen LogP contribution in [-0.2, 0) is 24.9 Å². The van der Waals surface area contributed by atoms with Crippen LogP contribution in [0.5, 0.6) is 0 Å². The predicted octanol–water partition coefficient (Wildman–Crippen LogP) is 8.20. The Morgan fingerprint density at radius 2 is 1.28 bits per heavy atom. The minimum absolute atomic E-state index is 0. The van der Waals surface area contributed by atoms with E-state index < -0.39 is 0 Å². The van der Waals surface area contributed by atoms with Crippen molar-refractivity contribution in [2.24, 2.45) is 0 Å². The van der Waals surface area contributed by atoms with E-state index in [9.17, 15) is 4.79 Å². The molecule has 0 saturated heterocycles. The number of pyridine rings is 1. The minimum Gasteiger partial charge on any atom is -0.512 e. The Hall–Kier alpha value is -3.85. The fourth-order valence-corrected chi connectivity index (χ4v) is 4.51. The number of ketones is 1. The van der Waals surface area contributed by atoms with Crippen molar-refractivity contribution in [3.63, 3.8) is 0 Å². The first-order valence-electron chi connectivity index (χ1n) is 11.5. The van der Waals surface area contributed by atoms with Gasteiger partial charge in [-0.05, 0) is 46.5 Å². The fourth-order valence-electron chi connectivity index (χ4n) is 4.51. The number of fused-ring (bicyclic) bond motifs is 7. The van der Waals surface area contributed by atoms with E-state index in [0.717, 1.165) is 11.3 Å². The quantitative estimate of drug-likeness (QED) is 0.0894. The zero-order valence-electron chi connectivity index (χ0n) is 20.0. The van der Waals surface area contributed by atoms with Crippen molar-refractivity contribution < 1.29 is 30.0 Å². The van der Waals surface area contributed by atoms with Gasteiger partial charge in [0.15, 0.2) is 5.78 Å². The third-order valence-electron chi connectivity index (χ3n) is 6.00. The van der Waals surface area contributed by atoms with Crippen LogP contribution in [0.4, 0.5) is 0 Å². The molecule has 5 aromatic carbocycles.